The average Bonchev–Trinajstić information content (AvgIpc) is 3.50. The zero-order valence-electron chi connectivity index (χ0n) is 34.7. The van der Waals surface area contributed by atoms with Crippen molar-refractivity contribution in [2.45, 2.75) is 212 Å². The molecule has 2 aromatic rings. The van der Waals surface area contributed by atoms with Crippen LogP contribution in [0, 0.1) is 0 Å². The third-order valence-corrected chi connectivity index (χ3v) is 11.7. The van der Waals surface area contributed by atoms with Gasteiger partial charge in [0, 0.05) is 22.8 Å². The first-order valence-corrected chi connectivity index (χ1v) is 23.6. The van der Waals surface area contributed by atoms with Crippen molar-refractivity contribution in [1.29, 1.82) is 0 Å². The van der Waals surface area contributed by atoms with E-state index in [2.05, 4.69) is 89.2 Å². The zero-order valence-corrected chi connectivity index (χ0v) is 35.7. The molecular formula is C49H80N2Ni. The number of unbranched alkanes of at least 4 members (excludes halogenated alkanes) is 18. The second-order valence-electron chi connectivity index (χ2n) is 15.2. The summed E-state index contributed by atoms with van der Waals surface area (Å²) in [5.74, 6) is 0. The Morgan fingerprint density at radius 1 is 0.462 bits per heavy atom. The van der Waals surface area contributed by atoms with Crippen molar-refractivity contribution >= 4 is 11.4 Å². The van der Waals surface area contributed by atoms with E-state index in [-0.39, 0.29) is 0 Å². The fourth-order valence-electron chi connectivity index (χ4n) is 7.01. The Morgan fingerprint density at radius 2 is 0.885 bits per heavy atom. The number of nitrogens with zero attached hydrogens (tertiary/aromatic N) is 2. The van der Waals surface area contributed by atoms with Gasteiger partial charge in [0.15, 0.2) is 0 Å². The Hall–Kier alpha value is -1.99. The van der Waals surface area contributed by atoms with Gasteiger partial charge in [0.2, 0.25) is 11.4 Å². The molecule has 0 spiro atoms. The second-order valence-corrected chi connectivity index (χ2v) is 16.7. The summed E-state index contributed by atoms with van der Waals surface area (Å²) >= 11 is 2.02. The third kappa shape index (κ3) is 19.9. The standard InChI is InChI=1S/C29H38N2.2C10H21.Ni/c1-4-7-10-17-27-22-28(25-18-11-15-23(20-25)13-8-5-2)31(30)29(27)26-19-12-16-24(21-26)14-9-6-3;2*1-3-5-7-9-10-8-6-4-2;/h11-12,15-16,18-22H,4-10,13-14,17H2,1-3H3;2*1,3-10H2,2H3;. The normalized spacial score (nSPS) is 12.8. The monoisotopic (exact) mass is 755 g/mol. The van der Waals surface area contributed by atoms with Gasteiger partial charge in [0.1, 0.15) is 0 Å². The van der Waals surface area contributed by atoms with Gasteiger partial charge in [-0.05, 0) is 73.9 Å². The SMILES string of the molecule is CCCCCC1=C(c2cccc(CCCC)c2)[N+](=[N-])C(c2cccc(CCCC)c2)=C1.CCCCCCCCC[CH2][Ni][CH2]CCCCCCCCC. The number of allylic oxidation sites excluding steroid dienone is 2. The molecule has 1 aliphatic heterocycles. The van der Waals surface area contributed by atoms with Crippen molar-refractivity contribution in [2.75, 3.05) is 0 Å². The van der Waals surface area contributed by atoms with Crippen LogP contribution in [-0.2, 0) is 27.3 Å². The Balaban J connectivity index is 0.000000392. The van der Waals surface area contributed by atoms with E-state index in [1.54, 1.807) is 0 Å². The Labute approximate surface area is 329 Å². The average molecular weight is 756 g/mol. The molecule has 0 radical (unpaired) electrons. The summed E-state index contributed by atoms with van der Waals surface area (Å²) in [4.78, 5) is 0. The second kappa shape index (κ2) is 31.4. The zero-order chi connectivity index (χ0) is 37.5. The van der Waals surface area contributed by atoms with Gasteiger partial charge in [-0.1, -0.05) is 70.7 Å². The molecule has 3 rings (SSSR count). The van der Waals surface area contributed by atoms with Crippen LogP contribution in [0.15, 0.2) is 60.2 Å². The van der Waals surface area contributed by atoms with Crippen LogP contribution in [0.1, 0.15) is 211 Å². The van der Waals surface area contributed by atoms with Crippen LogP contribution >= 0.6 is 0 Å². The first-order chi connectivity index (χ1) is 25.6. The summed E-state index contributed by atoms with van der Waals surface area (Å²) < 4.78 is 1.44. The summed E-state index contributed by atoms with van der Waals surface area (Å²) in [6, 6.07) is 17.4. The van der Waals surface area contributed by atoms with Gasteiger partial charge in [-0.2, -0.15) is 0 Å². The number of hydrogen-bond donors (Lipinski definition) is 0. The van der Waals surface area contributed by atoms with Gasteiger partial charge < -0.3 is 5.53 Å². The van der Waals surface area contributed by atoms with E-state index in [1.165, 1.54) is 173 Å². The molecule has 0 N–H and O–H groups in total. The molecule has 52 heavy (non-hydrogen) atoms. The Morgan fingerprint density at radius 3 is 1.38 bits per heavy atom. The Kier molecular flexibility index (Phi) is 27.9. The molecular weight excluding hydrogens is 675 g/mol. The summed E-state index contributed by atoms with van der Waals surface area (Å²) in [5.41, 5.74) is 19.3. The van der Waals surface area contributed by atoms with Crippen LogP contribution in [0.5, 0.6) is 0 Å². The number of aryl methyl sites for hydroxylation is 2. The molecule has 0 bridgehead atoms. The maximum absolute atomic E-state index is 11.3. The molecule has 0 saturated carbocycles. The van der Waals surface area contributed by atoms with Crippen LogP contribution in [0.2, 0.25) is 10.8 Å². The Bertz CT molecular complexity index is 1240. The van der Waals surface area contributed by atoms with E-state index in [0.717, 1.165) is 48.2 Å². The number of benzene rings is 2. The van der Waals surface area contributed by atoms with E-state index >= 15 is 0 Å². The minimum absolute atomic E-state index is 0.902. The van der Waals surface area contributed by atoms with Crippen LogP contribution in [0.3, 0.4) is 0 Å². The molecule has 2 aromatic carbocycles. The van der Waals surface area contributed by atoms with E-state index in [4.69, 9.17) is 0 Å². The van der Waals surface area contributed by atoms with Crippen molar-refractivity contribution < 1.29 is 19.1 Å². The molecule has 0 aromatic heterocycles. The van der Waals surface area contributed by atoms with Crippen molar-refractivity contribution in [2.24, 2.45) is 0 Å². The summed E-state index contributed by atoms with van der Waals surface area (Å²) in [6.07, 6.45) is 37.0. The fraction of sp³-hybridized carbons (Fsp3) is 0.673. The molecule has 0 aliphatic carbocycles. The van der Waals surface area contributed by atoms with Crippen LogP contribution in [0.25, 0.3) is 16.9 Å². The van der Waals surface area contributed by atoms with Crippen LogP contribution in [0.4, 0.5) is 0 Å². The van der Waals surface area contributed by atoms with Gasteiger partial charge in [-0.25, -0.2) is 4.70 Å². The van der Waals surface area contributed by atoms with Crippen molar-refractivity contribution in [3.8, 4) is 0 Å². The molecule has 3 heteroatoms. The van der Waals surface area contributed by atoms with Gasteiger partial charge in [-0.3, -0.25) is 0 Å². The van der Waals surface area contributed by atoms with Gasteiger partial charge >= 0.3 is 142 Å². The molecule has 0 amide bonds. The minimum atomic E-state index is 0.902. The van der Waals surface area contributed by atoms with E-state index in [9.17, 15) is 5.53 Å². The van der Waals surface area contributed by atoms with E-state index in [1.807, 2.05) is 14.4 Å². The number of rotatable bonds is 30. The summed E-state index contributed by atoms with van der Waals surface area (Å²) in [6.45, 7) is 11.3. The molecule has 1 aliphatic rings. The summed E-state index contributed by atoms with van der Waals surface area (Å²) in [7, 11) is 0. The van der Waals surface area contributed by atoms with Crippen molar-refractivity contribution in [3.63, 3.8) is 0 Å². The molecule has 0 unspecified atom stereocenters. The summed E-state index contributed by atoms with van der Waals surface area (Å²) in [5, 5.41) is 2.86. The first-order valence-electron chi connectivity index (χ1n) is 22.2. The predicted octanol–water partition coefficient (Wildman–Crippen LogP) is 16.9. The van der Waals surface area contributed by atoms with Crippen molar-refractivity contribution in [1.82, 2.24) is 0 Å². The molecule has 0 fully saturated rings. The van der Waals surface area contributed by atoms with E-state index < -0.39 is 0 Å². The first kappa shape index (κ1) is 46.2. The molecule has 2 nitrogen and oxygen atoms in total. The topological polar surface area (TPSA) is 25.3 Å². The maximum atomic E-state index is 11.3. The van der Waals surface area contributed by atoms with Gasteiger partial charge in [-0.15, -0.1) is 0 Å². The molecule has 296 valence electrons. The molecule has 1 heterocycles. The number of hydrogen-bond acceptors (Lipinski definition) is 0. The van der Waals surface area contributed by atoms with E-state index in [0.29, 0.717) is 0 Å². The third-order valence-electron chi connectivity index (χ3n) is 10.3. The predicted molar refractivity (Wildman–Crippen MR) is 228 cm³/mol. The van der Waals surface area contributed by atoms with Gasteiger partial charge in [0.05, 0.1) is 0 Å². The van der Waals surface area contributed by atoms with Gasteiger partial charge in [0.25, 0.3) is 0 Å². The molecule has 0 saturated heterocycles. The quantitative estimate of drug-likeness (QED) is 0.0431. The fourth-order valence-corrected chi connectivity index (χ4v) is 8.24. The van der Waals surface area contributed by atoms with Crippen LogP contribution in [-0.4, -0.2) is 4.70 Å². The van der Waals surface area contributed by atoms with Crippen LogP contribution < -0.4 is 0 Å². The molecule has 0 atom stereocenters. The van der Waals surface area contributed by atoms with Crippen molar-refractivity contribution in [3.05, 3.63) is 88.0 Å².